The van der Waals surface area contributed by atoms with Crippen molar-refractivity contribution in [2.75, 3.05) is 0 Å². The van der Waals surface area contributed by atoms with Crippen LogP contribution in [0.5, 0.6) is 0 Å². The number of aliphatic carboxylic acids is 1. The summed E-state index contributed by atoms with van der Waals surface area (Å²) in [4.78, 5) is 22.3. The fraction of sp³-hybridized carbons (Fsp3) is 0.818. The lowest BCUT2D eigenvalue weighted by Gasteiger charge is -2.31. The molecule has 0 bridgehead atoms. The van der Waals surface area contributed by atoms with Gasteiger partial charge < -0.3 is 20.8 Å². The van der Waals surface area contributed by atoms with E-state index in [1.807, 2.05) is 0 Å². The molecule has 0 aromatic rings. The number of hydrogen-bond donors (Lipinski definition) is 4. The molecule has 1 unspecified atom stereocenters. The number of halogens is 3. The van der Waals surface area contributed by atoms with Crippen molar-refractivity contribution < 1.29 is 33.0 Å². The van der Waals surface area contributed by atoms with E-state index in [2.05, 4.69) is 5.32 Å². The molecule has 2 amide bonds. The molecule has 0 spiro atoms. The number of carboxylic acid groups (broad SMARTS) is 1. The van der Waals surface area contributed by atoms with Crippen molar-refractivity contribution in [2.24, 2.45) is 0 Å². The van der Waals surface area contributed by atoms with Gasteiger partial charge in [-0.2, -0.15) is 13.2 Å². The number of aliphatic hydroxyl groups is 1. The predicted octanol–water partition coefficient (Wildman–Crippen LogP) is 0.995. The van der Waals surface area contributed by atoms with E-state index in [4.69, 9.17) is 5.11 Å². The van der Waals surface area contributed by atoms with Crippen LogP contribution < -0.4 is 10.6 Å². The predicted molar refractivity (Wildman–Crippen MR) is 62.0 cm³/mol. The average molecular weight is 298 g/mol. The Morgan fingerprint density at radius 1 is 1.15 bits per heavy atom. The maximum atomic E-state index is 12.7. The average Bonchev–Trinajstić information content (AvgIpc) is 2.30. The molecule has 1 aliphatic rings. The Morgan fingerprint density at radius 3 is 2.05 bits per heavy atom. The van der Waals surface area contributed by atoms with E-state index >= 15 is 0 Å². The molecule has 116 valence electrons. The summed E-state index contributed by atoms with van der Waals surface area (Å²) >= 11 is 0. The van der Waals surface area contributed by atoms with E-state index in [-0.39, 0.29) is 6.04 Å². The lowest BCUT2D eigenvalue weighted by atomic mass is 9.93. The fourth-order valence-corrected chi connectivity index (χ4v) is 1.91. The van der Waals surface area contributed by atoms with Gasteiger partial charge in [0.2, 0.25) is 5.54 Å². The molecule has 1 fully saturated rings. The Kier molecular flexibility index (Phi) is 4.85. The normalized spacial score (nSPS) is 26.4. The van der Waals surface area contributed by atoms with E-state index < -0.39 is 29.8 Å². The lowest BCUT2D eigenvalue weighted by molar-refractivity contribution is -0.203. The minimum atomic E-state index is -5.11. The Bertz CT molecular complexity index is 380. The zero-order valence-electron chi connectivity index (χ0n) is 10.8. The summed E-state index contributed by atoms with van der Waals surface area (Å²) in [5.41, 5.74) is -3.34. The molecule has 1 aliphatic carbocycles. The molecule has 1 saturated carbocycles. The second-order valence-corrected chi connectivity index (χ2v) is 5.03. The maximum absolute atomic E-state index is 12.7. The van der Waals surface area contributed by atoms with Crippen molar-refractivity contribution in [3.8, 4) is 0 Å². The molecule has 1 rings (SSSR count). The van der Waals surface area contributed by atoms with E-state index in [0.29, 0.717) is 32.6 Å². The first-order chi connectivity index (χ1) is 9.06. The minimum Gasteiger partial charge on any atom is -0.479 e. The molecule has 0 heterocycles. The monoisotopic (exact) mass is 298 g/mol. The highest BCUT2D eigenvalue weighted by atomic mass is 19.4. The quantitative estimate of drug-likeness (QED) is 0.624. The van der Waals surface area contributed by atoms with Gasteiger partial charge in [-0.15, -0.1) is 0 Å². The van der Waals surface area contributed by atoms with Crippen molar-refractivity contribution in [3.63, 3.8) is 0 Å². The SMILES string of the molecule is CC(NC(=O)NC1CCC(O)CC1)(C(=O)O)C(F)(F)F. The summed E-state index contributed by atoms with van der Waals surface area (Å²) in [5.74, 6) is -2.18. The summed E-state index contributed by atoms with van der Waals surface area (Å²) in [7, 11) is 0. The Hall–Kier alpha value is -1.51. The van der Waals surface area contributed by atoms with Crippen LogP contribution >= 0.6 is 0 Å². The number of aliphatic hydroxyl groups excluding tert-OH is 1. The zero-order valence-corrected chi connectivity index (χ0v) is 10.8. The smallest absolute Gasteiger partial charge is 0.422 e. The van der Waals surface area contributed by atoms with Gasteiger partial charge in [-0.1, -0.05) is 0 Å². The number of carbonyl (C=O) groups is 2. The molecule has 6 nitrogen and oxygen atoms in total. The summed E-state index contributed by atoms with van der Waals surface area (Å²) < 4.78 is 38.1. The second-order valence-electron chi connectivity index (χ2n) is 5.03. The van der Waals surface area contributed by atoms with Crippen LogP contribution in [-0.2, 0) is 4.79 Å². The van der Waals surface area contributed by atoms with Crippen LogP contribution in [0.25, 0.3) is 0 Å². The number of nitrogens with one attached hydrogen (secondary N) is 2. The topological polar surface area (TPSA) is 98.7 Å². The van der Waals surface area contributed by atoms with Crippen molar-refractivity contribution in [1.82, 2.24) is 10.6 Å². The van der Waals surface area contributed by atoms with Crippen LogP contribution in [0.1, 0.15) is 32.6 Å². The third kappa shape index (κ3) is 3.75. The number of carbonyl (C=O) groups excluding carboxylic acids is 1. The first kappa shape index (κ1) is 16.5. The van der Waals surface area contributed by atoms with Gasteiger partial charge in [-0.25, -0.2) is 9.59 Å². The van der Waals surface area contributed by atoms with Gasteiger partial charge in [-0.3, -0.25) is 0 Å². The van der Waals surface area contributed by atoms with Crippen molar-refractivity contribution in [1.29, 1.82) is 0 Å². The van der Waals surface area contributed by atoms with Gasteiger partial charge in [0.1, 0.15) is 0 Å². The minimum absolute atomic E-state index is 0.371. The molecule has 1 atom stereocenters. The largest absolute Gasteiger partial charge is 0.479 e. The summed E-state index contributed by atoms with van der Waals surface area (Å²) in [6.07, 6.45) is -3.82. The van der Waals surface area contributed by atoms with Crippen molar-refractivity contribution in [2.45, 2.75) is 56.5 Å². The molecule has 0 saturated heterocycles. The van der Waals surface area contributed by atoms with Gasteiger partial charge in [0.15, 0.2) is 0 Å². The lowest BCUT2D eigenvalue weighted by Crippen LogP contribution is -2.64. The van der Waals surface area contributed by atoms with Gasteiger partial charge in [0, 0.05) is 6.04 Å². The molecule has 9 heteroatoms. The van der Waals surface area contributed by atoms with E-state index in [9.17, 15) is 27.9 Å². The van der Waals surface area contributed by atoms with Gasteiger partial charge in [0.05, 0.1) is 6.10 Å². The molecule has 0 radical (unpaired) electrons. The van der Waals surface area contributed by atoms with Crippen LogP contribution in [0.2, 0.25) is 0 Å². The number of rotatable bonds is 3. The molecule has 4 N–H and O–H groups in total. The molecule has 20 heavy (non-hydrogen) atoms. The summed E-state index contributed by atoms with van der Waals surface area (Å²) in [6.45, 7) is 0.388. The first-order valence-corrected chi connectivity index (χ1v) is 6.13. The highest BCUT2D eigenvalue weighted by Crippen LogP contribution is 2.30. The van der Waals surface area contributed by atoms with E-state index in [0.717, 1.165) is 0 Å². The fourth-order valence-electron chi connectivity index (χ4n) is 1.91. The second kappa shape index (κ2) is 5.86. The number of hydrogen-bond acceptors (Lipinski definition) is 3. The highest BCUT2D eigenvalue weighted by molar-refractivity contribution is 5.86. The maximum Gasteiger partial charge on any atom is 0.422 e. The Labute approximate surface area is 113 Å². The van der Waals surface area contributed by atoms with Gasteiger partial charge in [0.25, 0.3) is 0 Å². The van der Waals surface area contributed by atoms with Crippen LogP contribution in [-0.4, -0.2) is 46.1 Å². The third-order valence-corrected chi connectivity index (χ3v) is 3.39. The summed E-state index contributed by atoms with van der Waals surface area (Å²) in [6, 6.07) is -1.56. The van der Waals surface area contributed by atoms with Crippen molar-refractivity contribution >= 4 is 12.0 Å². The van der Waals surface area contributed by atoms with E-state index in [1.54, 1.807) is 0 Å². The van der Waals surface area contributed by atoms with E-state index in [1.165, 1.54) is 5.32 Å². The van der Waals surface area contributed by atoms with Gasteiger partial charge >= 0.3 is 18.2 Å². The number of carboxylic acids is 1. The molecule has 0 aliphatic heterocycles. The van der Waals surface area contributed by atoms with Crippen LogP contribution in [0.3, 0.4) is 0 Å². The van der Waals surface area contributed by atoms with Crippen LogP contribution in [0.15, 0.2) is 0 Å². The third-order valence-electron chi connectivity index (χ3n) is 3.39. The van der Waals surface area contributed by atoms with Crippen LogP contribution in [0.4, 0.5) is 18.0 Å². The van der Waals surface area contributed by atoms with Crippen molar-refractivity contribution in [3.05, 3.63) is 0 Å². The molecular formula is C11H17F3N2O4. The van der Waals surface area contributed by atoms with Crippen LogP contribution in [0, 0.1) is 0 Å². The highest BCUT2D eigenvalue weighted by Gasteiger charge is 2.58. The standard InChI is InChI=1S/C11H17F3N2O4/c1-10(8(18)19,11(12,13)14)16-9(20)15-6-2-4-7(17)5-3-6/h6-7,17H,2-5H2,1H3,(H,18,19)(H2,15,16,20). The Morgan fingerprint density at radius 2 is 1.65 bits per heavy atom. The number of alkyl halides is 3. The zero-order chi connectivity index (χ0) is 15.6. The summed E-state index contributed by atoms with van der Waals surface area (Å²) in [5, 5.41) is 21.7. The molecule has 0 aromatic carbocycles. The Balaban J connectivity index is 2.62. The molecule has 0 aromatic heterocycles. The molecular weight excluding hydrogens is 281 g/mol. The first-order valence-electron chi connectivity index (χ1n) is 6.13. The number of urea groups is 1. The number of amides is 2. The van der Waals surface area contributed by atoms with Gasteiger partial charge in [-0.05, 0) is 32.6 Å².